The van der Waals surface area contributed by atoms with E-state index in [0.717, 1.165) is 31.5 Å². The molecule has 0 amide bonds. The highest BCUT2D eigenvalue weighted by molar-refractivity contribution is 5.70. The number of rotatable bonds is 5. The van der Waals surface area contributed by atoms with E-state index in [-0.39, 0.29) is 17.2 Å². The molecule has 2 heterocycles. The Hall–Kier alpha value is -2.11. The summed E-state index contributed by atoms with van der Waals surface area (Å²) in [5, 5.41) is 0. The lowest BCUT2D eigenvalue weighted by molar-refractivity contribution is 0.555. The molecule has 2 aromatic heterocycles. The van der Waals surface area contributed by atoms with E-state index in [2.05, 4.69) is 22.1 Å². The van der Waals surface area contributed by atoms with E-state index in [4.69, 9.17) is 0 Å². The summed E-state index contributed by atoms with van der Waals surface area (Å²) in [5.41, 5.74) is 0.451. The van der Waals surface area contributed by atoms with Crippen molar-refractivity contribution in [2.24, 2.45) is 0 Å². The van der Waals surface area contributed by atoms with Gasteiger partial charge in [0.15, 0.2) is 5.65 Å². The van der Waals surface area contributed by atoms with Gasteiger partial charge in [-0.05, 0) is 25.7 Å². The van der Waals surface area contributed by atoms with Crippen molar-refractivity contribution in [1.82, 2.24) is 19.1 Å². The summed E-state index contributed by atoms with van der Waals surface area (Å²) in [6.45, 7) is 4.99. The average molecular weight is 302 g/mol. The van der Waals surface area contributed by atoms with E-state index in [1.165, 1.54) is 4.57 Å². The molecule has 1 N–H and O–H groups in total. The van der Waals surface area contributed by atoms with Crippen molar-refractivity contribution in [3.05, 3.63) is 38.8 Å². The number of imidazole rings is 1. The molecule has 0 aliphatic heterocycles. The zero-order valence-electron chi connectivity index (χ0n) is 13.1. The van der Waals surface area contributed by atoms with Gasteiger partial charge in [-0.3, -0.25) is 13.9 Å². The van der Waals surface area contributed by atoms with Crippen LogP contribution in [0.1, 0.15) is 51.3 Å². The summed E-state index contributed by atoms with van der Waals surface area (Å²) in [7, 11) is 0. The molecule has 6 heteroatoms. The minimum atomic E-state index is -0.255. The molecule has 0 fully saturated rings. The summed E-state index contributed by atoms with van der Waals surface area (Å²) in [6.07, 6.45) is 7.85. The smallest absolute Gasteiger partial charge is 0.332 e. The molecule has 118 valence electrons. The average Bonchev–Trinajstić information content (AvgIpc) is 3.16. The van der Waals surface area contributed by atoms with Gasteiger partial charge in [0.25, 0.3) is 5.56 Å². The number of aryl methyl sites for hydroxylation is 1. The quantitative estimate of drug-likeness (QED) is 0.860. The number of allylic oxidation sites excluding steroid dienone is 2. The van der Waals surface area contributed by atoms with Crippen molar-refractivity contribution in [3.8, 4) is 0 Å². The summed E-state index contributed by atoms with van der Waals surface area (Å²) in [4.78, 5) is 32.9. The van der Waals surface area contributed by atoms with Gasteiger partial charge in [0, 0.05) is 19.0 Å². The highest BCUT2D eigenvalue weighted by Gasteiger charge is 2.21. The molecule has 1 unspecified atom stereocenters. The van der Waals surface area contributed by atoms with Crippen LogP contribution in [0.3, 0.4) is 0 Å². The number of aromatic amines is 1. The first kappa shape index (κ1) is 14.8. The van der Waals surface area contributed by atoms with Gasteiger partial charge >= 0.3 is 5.69 Å². The Morgan fingerprint density at radius 2 is 1.95 bits per heavy atom. The molecule has 1 aliphatic rings. The maximum atomic E-state index is 12.6. The molecule has 0 spiro atoms. The van der Waals surface area contributed by atoms with Gasteiger partial charge < -0.3 is 4.98 Å². The van der Waals surface area contributed by atoms with Gasteiger partial charge in [0.1, 0.15) is 11.3 Å². The van der Waals surface area contributed by atoms with Gasteiger partial charge in [-0.2, -0.15) is 0 Å². The number of aromatic nitrogens is 4. The van der Waals surface area contributed by atoms with Crippen molar-refractivity contribution in [3.63, 3.8) is 0 Å². The second-order valence-corrected chi connectivity index (χ2v) is 5.82. The summed E-state index contributed by atoms with van der Waals surface area (Å²) in [6, 6.07) is 0. The van der Waals surface area contributed by atoms with Crippen molar-refractivity contribution in [2.45, 2.75) is 58.5 Å². The van der Waals surface area contributed by atoms with Crippen molar-refractivity contribution in [2.75, 3.05) is 0 Å². The Bertz CT molecular complexity index is 825. The van der Waals surface area contributed by atoms with E-state index in [1.54, 1.807) is 4.57 Å². The Labute approximate surface area is 128 Å². The normalized spacial score (nSPS) is 17.6. The second-order valence-electron chi connectivity index (χ2n) is 5.82. The van der Waals surface area contributed by atoms with Crippen LogP contribution in [0.5, 0.6) is 0 Å². The fourth-order valence-corrected chi connectivity index (χ4v) is 3.07. The Morgan fingerprint density at radius 3 is 2.59 bits per heavy atom. The largest absolute Gasteiger partial charge is 0.336 e. The predicted molar refractivity (Wildman–Crippen MR) is 86.3 cm³/mol. The lowest BCUT2D eigenvalue weighted by Gasteiger charge is -2.09. The van der Waals surface area contributed by atoms with Gasteiger partial charge in [0.2, 0.25) is 0 Å². The van der Waals surface area contributed by atoms with Crippen molar-refractivity contribution in [1.29, 1.82) is 0 Å². The lowest BCUT2D eigenvalue weighted by atomic mass is 10.1. The number of hydrogen-bond acceptors (Lipinski definition) is 3. The maximum Gasteiger partial charge on any atom is 0.332 e. The number of nitrogens with one attached hydrogen (secondary N) is 1. The number of nitrogens with zero attached hydrogens (tertiary/aromatic N) is 3. The molecule has 1 aliphatic carbocycles. The van der Waals surface area contributed by atoms with Crippen LogP contribution in [0.25, 0.3) is 11.2 Å². The van der Waals surface area contributed by atoms with Crippen molar-refractivity contribution < 1.29 is 0 Å². The summed E-state index contributed by atoms with van der Waals surface area (Å²) >= 11 is 0. The SMILES string of the molecule is CCCn1c(=O)c2[nH]c(C3C=CCC3)nc2n(CCC)c1=O. The second kappa shape index (κ2) is 5.94. The number of fused-ring (bicyclic) bond motifs is 1. The molecule has 0 aromatic carbocycles. The highest BCUT2D eigenvalue weighted by atomic mass is 16.2. The fourth-order valence-electron chi connectivity index (χ4n) is 3.07. The first-order valence-electron chi connectivity index (χ1n) is 8.07. The fraction of sp³-hybridized carbons (Fsp3) is 0.562. The third-order valence-electron chi connectivity index (χ3n) is 4.14. The molecule has 1 atom stereocenters. The molecule has 0 radical (unpaired) electrons. The van der Waals surface area contributed by atoms with Crippen molar-refractivity contribution >= 4 is 11.2 Å². The highest BCUT2D eigenvalue weighted by Crippen LogP contribution is 2.26. The first-order chi connectivity index (χ1) is 10.7. The van der Waals surface area contributed by atoms with Gasteiger partial charge in [0.05, 0.1) is 0 Å². The number of hydrogen-bond donors (Lipinski definition) is 1. The van der Waals surface area contributed by atoms with Gasteiger partial charge in [-0.15, -0.1) is 0 Å². The maximum absolute atomic E-state index is 12.6. The molecule has 3 rings (SSSR count). The van der Waals surface area contributed by atoms with Crippen LogP contribution in [-0.4, -0.2) is 19.1 Å². The van der Waals surface area contributed by atoms with Crippen LogP contribution in [0.15, 0.2) is 21.7 Å². The first-order valence-corrected chi connectivity index (χ1v) is 8.07. The van der Waals surface area contributed by atoms with Crippen LogP contribution >= 0.6 is 0 Å². The van der Waals surface area contributed by atoms with Crippen LogP contribution in [-0.2, 0) is 13.1 Å². The molecule has 0 saturated carbocycles. The Morgan fingerprint density at radius 1 is 1.23 bits per heavy atom. The van der Waals surface area contributed by atoms with E-state index < -0.39 is 0 Å². The summed E-state index contributed by atoms with van der Waals surface area (Å²) < 4.78 is 2.95. The third kappa shape index (κ3) is 2.32. The lowest BCUT2D eigenvalue weighted by Crippen LogP contribution is -2.40. The van der Waals surface area contributed by atoms with E-state index in [0.29, 0.717) is 24.3 Å². The van der Waals surface area contributed by atoms with Gasteiger partial charge in [-0.25, -0.2) is 9.78 Å². The zero-order valence-corrected chi connectivity index (χ0v) is 13.1. The minimum absolute atomic E-state index is 0.219. The van der Waals surface area contributed by atoms with Gasteiger partial charge in [-0.1, -0.05) is 26.0 Å². The molecule has 2 aromatic rings. The standard InChI is InChI=1S/C16H22N4O2/c1-3-9-19-14-12(15(21)20(10-4-2)16(19)22)17-13(18-14)11-7-5-6-8-11/h5,7,11H,3-4,6,8-10H2,1-2H3,(H,17,18). The van der Waals surface area contributed by atoms with E-state index in [9.17, 15) is 9.59 Å². The number of H-pyrrole nitrogens is 1. The van der Waals surface area contributed by atoms with Crippen LogP contribution in [0.2, 0.25) is 0 Å². The zero-order chi connectivity index (χ0) is 15.7. The topological polar surface area (TPSA) is 72.7 Å². The van der Waals surface area contributed by atoms with Crippen LogP contribution < -0.4 is 11.2 Å². The van der Waals surface area contributed by atoms with Crippen LogP contribution in [0.4, 0.5) is 0 Å². The predicted octanol–water partition coefficient (Wildman–Crippen LogP) is 2.14. The molecule has 6 nitrogen and oxygen atoms in total. The molecule has 0 bridgehead atoms. The molecule has 22 heavy (non-hydrogen) atoms. The van der Waals surface area contributed by atoms with E-state index >= 15 is 0 Å². The molecule has 0 saturated heterocycles. The molecular formula is C16H22N4O2. The minimum Gasteiger partial charge on any atom is -0.336 e. The summed E-state index contributed by atoms with van der Waals surface area (Å²) in [5.74, 6) is 1.01. The third-order valence-corrected chi connectivity index (χ3v) is 4.14. The van der Waals surface area contributed by atoms with E-state index in [1.807, 2.05) is 13.8 Å². The monoisotopic (exact) mass is 302 g/mol. The molecular weight excluding hydrogens is 280 g/mol. The Kier molecular flexibility index (Phi) is 4.00. The van der Waals surface area contributed by atoms with Crippen LogP contribution in [0, 0.1) is 0 Å². The Balaban J connectivity index is 2.26.